The predicted octanol–water partition coefficient (Wildman–Crippen LogP) is 3.15. The fourth-order valence-corrected chi connectivity index (χ4v) is 1.81. The number of nitrogens with one attached hydrogen (secondary N) is 1. The zero-order chi connectivity index (χ0) is 11.4. The Hall–Kier alpha value is -0.820. The van der Waals surface area contributed by atoms with Crippen LogP contribution in [0.4, 0.5) is 0 Å². The first-order valence-electron chi connectivity index (χ1n) is 5.78. The molecule has 0 aliphatic rings. The van der Waals surface area contributed by atoms with Gasteiger partial charge in [0.1, 0.15) is 0 Å². The summed E-state index contributed by atoms with van der Waals surface area (Å²) in [5, 5.41) is 3.28. The largest absolute Gasteiger partial charge is 0.317 e. The van der Waals surface area contributed by atoms with Crippen LogP contribution in [0, 0.1) is 20.8 Å². The summed E-state index contributed by atoms with van der Waals surface area (Å²) in [4.78, 5) is 0. The fourth-order valence-electron chi connectivity index (χ4n) is 1.81. The van der Waals surface area contributed by atoms with Crippen LogP contribution in [0.25, 0.3) is 0 Å². The summed E-state index contributed by atoms with van der Waals surface area (Å²) in [5.41, 5.74) is 5.74. The monoisotopic (exact) mass is 205 g/mol. The van der Waals surface area contributed by atoms with Crippen molar-refractivity contribution in [3.05, 3.63) is 34.4 Å². The quantitative estimate of drug-likeness (QED) is 0.796. The van der Waals surface area contributed by atoms with Gasteiger partial charge in [-0.05, 0) is 69.8 Å². The minimum absolute atomic E-state index is 0.603. The van der Waals surface area contributed by atoms with Gasteiger partial charge in [0.25, 0.3) is 0 Å². The highest BCUT2D eigenvalue weighted by Crippen LogP contribution is 2.17. The Labute approximate surface area is 93.9 Å². The van der Waals surface area contributed by atoms with Crippen LogP contribution < -0.4 is 5.32 Å². The van der Waals surface area contributed by atoms with E-state index in [0.29, 0.717) is 6.04 Å². The smallest absolute Gasteiger partial charge is 0.00388 e. The topological polar surface area (TPSA) is 12.0 Å². The van der Waals surface area contributed by atoms with Gasteiger partial charge in [-0.15, -0.1) is 0 Å². The minimum atomic E-state index is 0.603. The van der Waals surface area contributed by atoms with E-state index < -0.39 is 0 Å². The highest BCUT2D eigenvalue weighted by Gasteiger charge is 2.04. The lowest BCUT2D eigenvalue weighted by molar-refractivity contribution is 0.564. The molecule has 0 aliphatic carbocycles. The predicted molar refractivity (Wildman–Crippen MR) is 67.5 cm³/mol. The fraction of sp³-hybridized carbons (Fsp3) is 0.571. The lowest BCUT2D eigenvalue weighted by Crippen LogP contribution is -2.21. The van der Waals surface area contributed by atoms with Crippen molar-refractivity contribution in [2.45, 2.75) is 46.6 Å². The molecule has 1 atom stereocenters. The van der Waals surface area contributed by atoms with Crippen LogP contribution in [0.2, 0.25) is 0 Å². The van der Waals surface area contributed by atoms with Crippen molar-refractivity contribution in [1.29, 1.82) is 0 Å². The summed E-state index contributed by atoms with van der Waals surface area (Å²) in [6.45, 7) is 8.82. The molecule has 0 aliphatic heterocycles. The average molecular weight is 205 g/mol. The van der Waals surface area contributed by atoms with Crippen molar-refractivity contribution >= 4 is 0 Å². The maximum Gasteiger partial charge on any atom is 0.00388 e. The zero-order valence-electron chi connectivity index (χ0n) is 10.6. The molecule has 1 rings (SSSR count). The summed E-state index contributed by atoms with van der Waals surface area (Å²) in [6, 6.07) is 5.24. The lowest BCUT2D eigenvalue weighted by atomic mass is 9.96. The number of aryl methyl sites for hydroxylation is 4. The second kappa shape index (κ2) is 5.32. The molecule has 0 bridgehead atoms. The number of benzene rings is 1. The molecule has 1 nitrogen and oxygen atoms in total. The number of hydrogen-bond acceptors (Lipinski definition) is 1. The second-order valence-electron chi connectivity index (χ2n) is 4.59. The van der Waals surface area contributed by atoms with Crippen molar-refractivity contribution < 1.29 is 0 Å². The standard InChI is InChI=1S/C14H23N/c1-10-8-12(3)14(9-11(10)2)7-6-13(4)15-5/h8-9,13,15H,6-7H2,1-5H3. The SMILES string of the molecule is CNC(C)CCc1cc(C)c(C)cc1C. The van der Waals surface area contributed by atoms with Crippen LogP contribution in [0.15, 0.2) is 12.1 Å². The van der Waals surface area contributed by atoms with Gasteiger partial charge in [-0.3, -0.25) is 0 Å². The first-order chi connectivity index (χ1) is 7.04. The Kier molecular flexibility index (Phi) is 4.34. The molecule has 0 radical (unpaired) electrons. The Bertz CT molecular complexity index is 328. The molecule has 0 saturated carbocycles. The van der Waals surface area contributed by atoms with E-state index in [1.165, 1.54) is 35.1 Å². The molecule has 1 aromatic carbocycles. The van der Waals surface area contributed by atoms with Gasteiger partial charge in [-0.25, -0.2) is 0 Å². The molecule has 0 saturated heterocycles. The Morgan fingerprint density at radius 2 is 1.67 bits per heavy atom. The van der Waals surface area contributed by atoms with E-state index in [1.54, 1.807) is 0 Å². The van der Waals surface area contributed by atoms with Gasteiger partial charge in [0, 0.05) is 6.04 Å². The van der Waals surface area contributed by atoms with Gasteiger partial charge in [0.05, 0.1) is 0 Å². The van der Waals surface area contributed by atoms with Gasteiger partial charge in [-0.1, -0.05) is 12.1 Å². The number of rotatable bonds is 4. The third kappa shape index (κ3) is 3.35. The normalized spacial score (nSPS) is 12.9. The van der Waals surface area contributed by atoms with Crippen molar-refractivity contribution in [1.82, 2.24) is 5.32 Å². The molecule has 0 fully saturated rings. The van der Waals surface area contributed by atoms with Gasteiger partial charge >= 0.3 is 0 Å². The van der Waals surface area contributed by atoms with Gasteiger partial charge in [0.15, 0.2) is 0 Å². The van der Waals surface area contributed by atoms with E-state index in [9.17, 15) is 0 Å². The first-order valence-corrected chi connectivity index (χ1v) is 5.78. The van der Waals surface area contributed by atoms with Gasteiger partial charge in [-0.2, -0.15) is 0 Å². The summed E-state index contributed by atoms with van der Waals surface area (Å²) in [5.74, 6) is 0. The molecule has 1 heteroatoms. The highest BCUT2D eigenvalue weighted by molar-refractivity contribution is 5.36. The van der Waals surface area contributed by atoms with E-state index in [0.717, 1.165) is 0 Å². The molecule has 15 heavy (non-hydrogen) atoms. The van der Waals surface area contributed by atoms with Crippen LogP contribution in [-0.2, 0) is 6.42 Å². The van der Waals surface area contributed by atoms with Crippen molar-refractivity contribution in [2.75, 3.05) is 7.05 Å². The first kappa shape index (κ1) is 12.3. The summed E-state index contributed by atoms with van der Waals surface area (Å²) in [7, 11) is 2.03. The maximum atomic E-state index is 3.28. The van der Waals surface area contributed by atoms with E-state index in [1.807, 2.05) is 7.05 Å². The van der Waals surface area contributed by atoms with Gasteiger partial charge in [0.2, 0.25) is 0 Å². The summed E-state index contributed by atoms with van der Waals surface area (Å²) >= 11 is 0. The third-order valence-corrected chi connectivity index (χ3v) is 3.29. The Balaban J connectivity index is 2.73. The van der Waals surface area contributed by atoms with E-state index in [2.05, 4.69) is 45.1 Å². The van der Waals surface area contributed by atoms with E-state index in [4.69, 9.17) is 0 Å². The lowest BCUT2D eigenvalue weighted by Gasteiger charge is -2.13. The molecule has 0 amide bonds. The Morgan fingerprint density at radius 1 is 1.07 bits per heavy atom. The second-order valence-corrected chi connectivity index (χ2v) is 4.59. The average Bonchev–Trinajstić information content (AvgIpc) is 2.21. The van der Waals surface area contributed by atoms with Crippen molar-refractivity contribution in [2.24, 2.45) is 0 Å². The molecular weight excluding hydrogens is 182 g/mol. The molecule has 1 N–H and O–H groups in total. The van der Waals surface area contributed by atoms with E-state index >= 15 is 0 Å². The molecule has 0 aromatic heterocycles. The van der Waals surface area contributed by atoms with Crippen LogP contribution >= 0.6 is 0 Å². The summed E-state index contributed by atoms with van der Waals surface area (Å²) < 4.78 is 0. The highest BCUT2D eigenvalue weighted by atomic mass is 14.8. The summed E-state index contributed by atoms with van der Waals surface area (Å²) in [6.07, 6.45) is 2.38. The van der Waals surface area contributed by atoms with Crippen LogP contribution in [0.1, 0.15) is 35.6 Å². The Morgan fingerprint density at radius 3 is 2.27 bits per heavy atom. The van der Waals surface area contributed by atoms with E-state index in [-0.39, 0.29) is 0 Å². The molecular formula is C14H23N. The molecule has 0 heterocycles. The van der Waals surface area contributed by atoms with Crippen LogP contribution in [-0.4, -0.2) is 13.1 Å². The maximum absolute atomic E-state index is 3.28. The third-order valence-electron chi connectivity index (χ3n) is 3.29. The van der Waals surface area contributed by atoms with Crippen LogP contribution in [0.5, 0.6) is 0 Å². The molecule has 1 unspecified atom stereocenters. The van der Waals surface area contributed by atoms with Crippen LogP contribution in [0.3, 0.4) is 0 Å². The van der Waals surface area contributed by atoms with Gasteiger partial charge < -0.3 is 5.32 Å². The molecule has 84 valence electrons. The number of hydrogen-bond donors (Lipinski definition) is 1. The van der Waals surface area contributed by atoms with Crippen molar-refractivity contribution in [3.8, 4) is 0 Å². The van der Waals surface area contributed by atoms with Crippen molar-refractivity contribution in [3.63, 3.8) is 0 Å². The minimum Gasteiger partial charge on any atom is -0.317 e. The molecule has 1 aromatic rings. The zero-order valence-corrected chi connectivity index (χ0v) is 10.6. The molecule has 0 spiro atoms.